The van der Waals surface area contributed by atoms with Gasteiger partial charge in [-0.25, -0.2) is 4.79 Å². The molecule has 1 rings (SSSR count). The molecule has 0 saturated heterocycles. The van der Waals surface area contributed by atoms with Gasteiger partial charge in [-0.05, 0) is 26.0 Å². The highest BCUT2D eigenvalue weighted by atomic mass is 35.5. The molecule has 0 saturated carbocycles. The smallest absolute Gasteiger partial charge is 0.342 e. The number of carbonyl (C=O) groups excluding carboxylic acids is 1. The first-order valence-electron chi connectivity index (χ1n) is 4.37. The van der Waals surface area contributed by atoms with Crippen molar-refractivity contribution < 1.29 is 9.53 Å². The maximum absolute atomic E-state index is 11.6. The van der Waals surface area contributed by atoms with Crippen LogP contribution in [0.25, 0.3) is 0 Å². The van der Waals surface area contributed by atoms with E-state index in [9.17, 15) is 4.79 Å². The van der Waals surface area contributed by atoms with Crippen LogP contribution >= 0.6 is 23.2 Å². The number of anilines is 1. The largest absolute Gasteiger partial charge is 0.459 e. The fourth-order valence-electron chi connectivity index (χ4n) is 1.08. The Labute approximate surface area is 98.1 Å². The summed E-state index contributed by atoms with van der Waals surface area (Å²) in [6.45, 7) is 3.50. The molecule has 1 aromatic carbocycles. The van der Waals surface area contributed by atoms with Gasteiger partial charge in [-0.3, -0.25) is 0 Å². The lowest BCUT2D eigenvalue weighted by molar-refractivity contribution is 0.0379. The highest BCUT2D eigenvalue weighted by Gasteiger charge is 2.17. The van der Waals surface area contributed by atoms with Crippen molar-refractivity contribution >= 4 is 34.9 Å². The summed E-state index contributed by atoms with van der Waals surface area (Å²) in [6.07, 6.45) is -0.219. The molecule has 0 heterocycles. The molecule has 0 spiro atoms. The molecule has 0 fully saturated rings. The Morgan fingerprint density at radius 3 is 2.47 bits per heavy atom. The molecule has 3 nitrogen and oxygen atoms in total. The average Bonchev–Trinajstić information content (AvgIpc) is 1.99. The number of hydrogen-bond acceptors (Lipinski definition) is 3. The molecular weight excluding hydrogens is 237 g/mol. The first kappa shape index (κ1) is 12.1. The molecule has 2 N–H and O–H groups in total. The fraction of sp³-hybridized carbons (Fsp3) is 0.300. The van der Waals surface area contributed by atoms with E-state index in [1.165, 1.54) is 12.1 Å². The van der Waals surface area contributed by atoms with Gasteiger partial charge in [0, 0.05) is 10.7 Å². The first-order valence-corrected chi connectivity index (χ1v) is 5.13. The third-order valence-corrected chi connectivity index (χ3v) is 2.15. The number of nitrogens with two attached hydrogens (primary N) is 1. The molecule has 0 aromatic heterocycles. The van der Waals surface area contributed by atoms with Gasteiger partial charge in [-0.2, -0.15) is 0 Å². The van der Waals surface area contributed by atoms with Crippen molar-refractivity contribution in [1.82, 2.24) is 0 Å². The van der Waals surface area contributed by atoms with Crippen LogP contribution in [0.1, 0.15) is 24.2 Å². The van der Waals surface area contributed by atoms with Gasteiger partial charge < -0.3 is 10.5 Å². The van der Waals surface area contributed by atoms with Crippen LogP contribution in [0.4, 0.5) is 5.69 Å². The van der Waals surface area contributed by atoms with Crippen LogP contribution in [0.3, 0.4) is 0 Å². The van der Waals surface area contributed by atoms with E-state index in [-0.39, 0.29) is 22.4 Å². The number of benzene rings is 1. The van der Waals surface area contributed by atoms with Crippen molar-refractivity contribution in [2.24, 2.45) is 0 Å². The normalized spacial score (nSPS) is 10.5. The van der Waals surface area contributed by atoms with Crippen molar-refractivity contribution in [2.75, 3.05) is 5.73 Å². The van der Waals surface area contributed by atoms with Gasteiger partial charge in [0.05, 0.1) is 11.1 Å². The zero-order valence-electron chi connectivity index (χ0n) is 8.38. The van der Waals surface area contributed by atoms with E-state index in [4.69, 9.17) is 33.7 Å². The van der Waals surface area contributed by atoms with E-state index in [0.717, 1.165) is 0 Å². The molecule has 0 radical (unpaired) electrons. The van der Waals surface area contributed by atoms with Crippen molar-refractivity contribution in [3.05, 3.63) is 27.7 Å². The molecule has 0 aliphatic carbocycles. The van der Waals surface area contributed by atoms with E-state index in [1.54, 1.807) is 13.8 Å². The lowest BCUT2D eigenvalue weighted by Crippen LogP contribution is -2.14. The summed E-state index contributed by atoms with van der Waals surface area (Å²) in [4.78, 5) is 11.6. The van der Waals surface area contributed by atoms with Crippen molar-refractivity contribution in [3.8, 4) is 0 Å². The minimum atomic E-state index is -0.538. The van der Waals surface area contributed by atoms with Crippen LogP contribution in [0.5, 0.6) is 0 Å². The topological polar surface area (TPSA) is 52.3 Å². The van der Waals surface area contributed by atoms with Gasteiger partial charge in [0.2, 0.25) is 0 Å². The van der Waals surface area contributed by atoms with Crippen LogP contribution in [-0.4, -0.2) is 12.1 Å². The van der Waals surface area contributed by atoms with E-state index < -0.39 is 5.97 Å². The summed E-state index contributed by atoms with van der Waals surface area (Å²) in [6, 6.07) is 2.92. The number of halogens is 2. The summed E-state index contributed by atoms with van der Waals surface area (Å²) < 4.78 is 4.99. The SMILES string of the molecule is CC(C)OC(=O)c1c(N)cc(Cl)cc1Cl. The predicted octanol–water partition coefficient (Wildman–Crippen LogP) is 3.14. The van der Waals surface area contributed by atoms with Gasteiger partial charge in [0.1, 0.15) is 5.56 Å². The zero-order valence-corrected chi connectivity index (χ0v) is 9.89. The second kappa shape index (κ2) is 4.73. The maximum Gasteiger partial charge on any atom is 0.342 e. The number of esters is 1. The molecule has 0 aliphatic heterocycles. The lowest BCUT2D eigenvalue weighted by atomic mass is 10.2. The van der Waals surface area contributed by atoms with Crippen molar-refractivity contribution in [1.29, 1.82) is 0 Å². The van der Waals surface area contributed by atoms with Crippen LogP contribution in [0.2, 0.25) is 10.0 Å². The number of nitrogen functional groups attached to an aromatic ring is 1. The Morgan fingerprint density at radius 1 is 1.40 bits per heavy atom. The van der Waals surface area contributed by atoms with Gasteiger partial charge in [0.25, 0.3) is 0 Å². The zero-order chi connectivity index (χ0) is 11.6. The van der Waals surface area contributed by atoms with Gasteiger partial charge in [-0.15, -0.1) is 0 Å². The van der Waals surface area contributed by atoms with Crippen LogP contribution in [0, 0.1) is 0 Å². The lowest BCUT2D eigenvalue weighted by Gasteiger charge is -2.11. The van der Waals surface area contributed by atoms with Gasteiger partial charge >= 0.3 is 5.97 Å². The number of carbonyl (C=O) groups is 1. The summed E-state index contributed by atoms with van der Waals surface area (Å²) in [5.74, 6) is -0.538. The van der Waals surface area contributed by atoms with E-state index in [2.05, 4.69) is 0 Å². The second-order valence-electron chi connectivity index (χ2n) is 3.31. The Kier molecular flexibility index (Phi) is 3.83. The fourth-order valence-corrected chi connectivity index (χ4v) is 1.67. The standard InChI is InChI=1S/C10H11Cl2NO2/c1-5(2)15-10(14)9-7(12)3-6(11)4-8(9)13/h3-5H,13H2,1-2H3. The molecule has 15 heavy (non-hydrogen) atoms. The highest BCUT2D eigenvalue weighted by Crippen LogP contribution is 2.27. The Bertz CT molecular complexity index is 368. The number of hydrogen-bond donors (Lipinski definition) is 1. The van der Waals surface area contributed by atoms with E-state index >= 15 is 0 Å². The Morgan fingerprint density at radius 2 is 2.00 bits per heavy atom. The second-order valence-corrected chi connectivity index (χ2v) is 4.15. The molecule has 1 aromatic rings. The van der Waals surface area contributed by atoms with Crippen molar-refractivity contribution in [3.63, 3.8) is 0 Å². The van der Waals surface area contributed by atoms with E-state index in [0.29, 0.717) is 5.02 Å². The van der Waals surface area contributed by atoms with Crippen LogP contribution in [-0.2, 0) is 4.74 Å². The minimum absolute atomic E-state index is 0.162. The number of rotatable bonds is 2. The Hall–Kier alpha value is -0.930. The molecule has 5 heteroatoms. The Balaban J connectivity index is 3.09. The molecule has 0 unspecified atom stereocenters. The molecule has 0 aliphatic rings. The maximum atomic E-state index is 11.6. The molecule has 0 bridgehead atoms. The van der Waals surface area contributed by atoms with Crippen LogP contribution in [0.15, 0.2) is 12.1 Å². The minimum Gasteiger partial charge on any atom is -0.459 e. The molecule has 0 amide bonds. The summed E-state index contributed by atoms with van der Waals surface area (Å²) in [5, 5.41) is 0.587. The number of ether oxygens (including phenoxy) is 1. The third-order valence-electron chi connectivity index (χ3n) is 1.63. The predicted molar refractivity (Wildman–Crippen MR) is 61.4 cm³/mol. The summed E-state index contributed by atoms with van der Waals surface area (Å²) in [7, 11) is 0. The molecule has 82 valence electrons. The quantitative estimate of drug-likeness (QED) is 0.646. The third kappa shape index (κ3) is 3.01. The molecular formula is C10H11Cl2NO2. The highest BCUT2D eigenvalue weighted by molar-refractivity contribution is 6.37. The summed E-state index contributed by atoms with van der Waals surface area (Å²) >= 11 is 11.6. The van der Waals surface area contributed by atoms with Crippen LogP contribution < -0.4 is 5.73 Å². The van der Waals surface area contributed by atoms with Gasteiger partial charge in [-0.1, -0.05) is 23.2 Å². The average molecular weight is 248 g/mol. The summed E-state index contributed by atoms with van der Waals surface area (Å²) in [5.41, 5.74) is 6.01. The monoisotopic (exact) mass is 247 g/mol. The van der Waals surface area contributed by atoms with Gasteiger partial charge in [0.15, 0.2) is 0 Å². The molecule has 0 atom stereocenters. The van der Waals surface area contributed by atoms with Crippen molar-refractivity contribution in [2.45, 2.75) is 20.0 Å². The first-order chi connectivity index (χ1) is 6.91. The van der Waals surface area contributed by atoms with E-state index in [1.807, 2.05) is 0 Å².